The van der Waals surface area contributed by atoms with Crippen LogP contribution >= 0.6 is 11.6 Å². The Bertz CT molecular complexity index is 507. The van der Waals surface area contributed by atoms with Crippen molar-refractivity contribution in [3.63, 3.8) is 0 Å². The number of nitrogens with zero attached hydrogens (tertiary/aromatic N) is 1. The zero-order valence-corrected chi connectivity index (χ0v) is 13.3. The molecule has 1 aromatic carbocycles. The second kappa shape index (κ2) is 6.37. The molecule has 2 saturated heterocycles. The van der Waals surface area contributed by atoms with Crippen LogP contribution in [-0.4, -0.2) is 36.0 Å². The highest BCUT2D eigenvalue weighted by Gasteiger charge is 2.36. The molecule has 114 valence electrons. The van der Waals surface area contributed by atoms with Gasteiger partial charge in [0, 0.05) is 36.6 Å². The Kier molecular flexibility index (Phi) is 4.51. The Hall–Kier alpha value is -1.06. The van der Waals surface area contributed by atoms with Crippen LogP contribution in [0.25, 0.3) is 0 Å². The molecular formula is C17H23ClN2O. The number of halogens is 1. The lowest BCUT2D eigenvalue weighted by molar-refractivity contribution is -0.132. The van der Waals surface area contributed by atoms with Crippen LogP contribution in [0.1, 0.15) is 37.7 Å². The van der Waals surface area contributed by atoms with E-state index in [0.717, 1.165) is 29.8 Å². The summed E-state index contributed by atoms with van der Waals surface area (Å²) >= 11 is 6.15. The number of nitrogens with one attached hydrogen (secondary N) is 1. The molecule has 2 heterocycles. The van der Waals surface area contributed by atoms with Gasteiger partial charge >= 0.3 is 0 Å². The van der Waals surface area contributed by atoms with E-state index in [2.05, 4.69) is 5.32 Å². The molecule has 2 bridgehead atoms. The lowest BCUT2D eigenvalue weighted by atomic mass is 9.98. The van der Waals surface area contributed by atoms with Gasteiger partial charge in [-0.1, -0.05) is 29.8 Å². The lowest BCUT2D eigenvalue weighted by Gasteiger charge is -2.35. The van der Waals surface area contributed by atoms with Gasteiger partial charge < -0.3 is 10.2 Å². The summed E-state index contributed by atoms with van der Waals surface area (Å²) in [6, 6.07) is 9.42. The maximum absolute atomic E-state index is 12.4. The van der Waals surface area contributed by atoms with Crippen molar-refractivity contribution in [3.05, 3.63) is 34.9 Å². The third kappa shape index (κ3) is 3.41. The first-order valence-electron chi connectivity index (χ1n) is 7.88. The zero-order chi connectivity index (χ0) is 14.8. The Morgan fingerprint density at radius 1 is 1.29 bits per heavy atom. The summed E-state index contributed by atoms with van der Waals surface area (Å²) in [5.41, 5.74) is 1.06. The van der Waals surface area contributed by atoms with Crippen molar-refractivity contribution in [2.24, 2.45) is 0 Å². The fourth-order valence-corrected chi connectivity index (χ4v) is 3.90. The normalized spacial score (nSPS) is 27.6. The summed E-state index contributed by atoms with van der Waals surface area (Å²) < 4.78 is 0. The van der Waals surface area contributed by atoms with Crippen LogP contribution < -0.4 is 5.32 Å². The summed E-state index contributed by atoms with van der Waals surface area (Å²) in [6.07, 6.45) is 6.00. The van der Waals surface area contributed by atoms with E-state index in [1.165, 1.54) is 12.8 Å². The van der Waals surface area contributed by atoms with Crippen LogP contribution in [0.15, 0.2) is 24.3 Å². The minimum atomic E-state index is 0.237. The molecule has 0 radical (unpaired) electrons. The summed E-state index contributed by atoms with van der Waals surface area (Å²) in [7, 11) is 1.96. The summed E-state index contributed by atoms with van der Waals surface area (Å²) in [5.74, 6) is 0.237. The van der Waals surface area contributed by atoms with Crippen molar-refractivity contribution in [1.29, 1.82) is 0 Å². The Labute approximate surface area is 131 Å². The molecule has 0 saturated carbocycles. The van der Waals surface area contributed by atoms with Crippen LogP contribution in [0.5, 0.6) is 0 Å². The molecule has 0 aliphatic carbocycles. The largest absolute Gasteiger partial charge is 0.343 e. The Morgan fingerprint density at radius 2 is 1.95 bits per heavy atom. The number of aryl methyl sites for hydroxylation is 1. The second-order valence-electron chi connectivity index (χ2n) is 6.36. The van der Waals surface area contributed by atoms with Crippen molar-refractivity contribution < 1.29 is 4.79 Å². The van der Waals surface area contributed by atoms with E-state index in [0.29, 0.717) is 24.5 Å². The molecule has 21 heavy (non-hydrogen) atoms. The van der Waals surface area contributed by atoms with Gasteiger partial charge in [0.1, 0.15) is 0 Å². The van der Waals surface area contributed by atoms with E-state index < -0.39 is 0 Å². The number of hydrogen-bond donors (Lipinski definition) is 1. The predicted molar refractivity (Wildman–Crippen MR) is 85.5 cm³/mol. The molecule has 0 aromatic heterocycles. The Balaban J connectivity index is 1.54. The summed E-state index contributed by atoms with van der Waals surface area (Å²) in [4.78, 5) is 14.4. The van der Waals surface area contributed by atoms with Gasteiger partial charge in [0.05, 0.1) is 0 Å². The molecule has 1 aromatic rings. The van der Waals surface area contributed by atoms with Gasteiger partial charge in [-0.2, -0.15) is 0 Å². The molecule has 2 aliphatic heterocycles. The monoisotopic (exact) mass is 306 g/mol. The summed E-state index contributed by atoms with van der Waals surface area (Å²) in [6.45, 7) is 0. The highest BCUT2D eigenvalue weighted by atomic mass is 35.5. The molecular weight excluding hydrogens is 284 g/mol. The van der Waals surface area contributed by atoms with Gasteiger partial charge in [-0.3, -0.25) is 4.79 Å². The van der Waals surface area contributed by atoms with Crippen LogP contribution in [0.2, 0.25) is 5.02 Å². The first-order chi connectivity index (χ1) is 10.1. The number of hydrogen-bond acceptors (Lipinski definition) is 2. The first kappa shape index (κ1) is 14.9. The number of rotatable bonds is 4. The quantitative estimate of drug-likeness (QED) is 0.927. The molecule has 1 N–H and O–H groups in total. The van der Waals surface area contributed by atoms with E-state index in [1.54, 1.807) is 0 Å². The molecule has 2 fully saturated rings. The van der Waals surface area contributed by atoms with Crippen molar-refractivity contribution >= 4 is 17.5 Å². The molecule has 0 spiro atoms. The minimum Gasteiger partial charge on any atom is -0.343 e. The van der Waals surface area contributed by atoms with Crippen LogP contribution in [0.3, 0.4) is 0 Å². The fraction of sp³-hybridized carbons (Fsp3) is 0.588. The van der Waals surface area contributed by atoms with Crippen LogP contribution in [-0.2, 0) is 11.2 Å². The first-order valence-corrected chi connectivity index (χ1v) is 8.26. The van der Waals surface area contributed by atoms with E-state index in [-0.39, 0.29) is 5.91 Å². The number of carbonyl (C=O) groups excluding carboxylic acids is 1. The van der Waals surface area contributed by atoms with Gasteiger partial charge in [0.15, 0.2) is 0 Å². The zero-order valence-electron chi connectivity index (χ0n) is 12.5. The van der Waals surface area contributed by atoms with Gasteiger partial charge in [-0.15, -0.1) is 0 Å². The van der Waals surface area contributed by atoms with E-state index in [1.807, 2.05) is 36.2 Å². The van der Waals surface area contributed by atoms with Crippen molar-refractivity contribution in [2.75, 3.05) is 7.05 Å². The molecule has 3 rings (SSSR count). The number of fused-ring (bicyclic) bond motifs is 2. The highest BCUT2D eigenvalue weighted by molar-refractivity contribution is 6.31. The third-order valence-electron chi connectivity index (χ3n) is 4.96. The SMILES string of the molecule is CN(C(=O)CCc1ccccc1Cl)C1CC2CCC(C1)N2. The third-order valence-corrected chi connectivity index (χ3v) is 5.32. The highest BCUT2D eigenvalue weighted by Crippen LogP contribution is 2.29. The van der Waals surface area contributed by atoms with Crippen molar-refractivity contribution in [3.8, 4) is 0 Å². The molecule has 2 atom stereocenters. The molecule has 2 aliphatic rings. The van der Waals surface area contributed by atoms with Crippen LogP contribution in [0, 0.1) is 0 Å². The molecule has 4 heteroatoms. The van der Waals surface area contributed by atoms with Crippen molar-refractivity contribution in [1.82, 2.24) is 10.2 Å². The summed E-state index contributed by atoms with van der Waals surface area (Å²) in [5, 5.41) is 4.38. The van der Waals surface area contributed by atoms with Crippen molar-refractivity contribution in [2.45, 2.75) is 56.7 Å². The molecule has 1 amide bonds. The predicted octanol–water partition coefficient (Wildman–Crippen LogP) is 3.01. The standard InChI is InChI=1S/C17H23ClN2O/c1-20(15-10-13-7-8-14(11-15)19-13)17(21)9-6-12-4-2-3-5-16(12)18/h2-5,13-15,19H,6-11H2,1H3. The minimum absolute atomic E-state index is 0.237. The van der Waals surface area contributed by atoms with Gasteiger partial charge in [0.2, 0.25) is 5.91 Å². The number of amides is 1. The maximum atomic E-state index is 12.4. The Morgan fingerprint density at radius 3 is 2.62 bits per heavy atom. The maximum Gasteiger partial charge on any atom is 0.222 e. The van der Waals surface area contributed by atoms with Gasteiger partial charge in [-0.05, 0) is 43.7 Å². The number of carbonyl (C=O) groups is 1. The molecule has 3 nitrogen and oxygen atoms in total. The van der Waals surface area contributed by atoms with E-state index in [9.17, 15) is 4.79 Å². The van der Waals surface area contributed by atoms with Gasteiger partial charge in [0.25, 0.3) is 0 Å². The van der Waals surface area contributed by atoms with E-state index >= 15 is 0 Å². The van der Waals surface area contributed by atoms with Gasteiger partial charge in [-0.25, -0.2) is 0 Å². The second-order valence-corrected chi connectivity index (χ2v) is 6.77. The molecule has 2 unspecified atom stereocenters. The van der Waals surface area contributed by atoms with Crippen LogP contribution in [0.4, 0.5) is 0 Å². The average molecular weight is 307 g/mol. The lowest BCUT2D eigenvalue weighted by Crippen LogP contribution is -2.48. The average Bonchev–Trinajstić information content (AvgIpc) is 2.83. The number of piperidine rings is 1. The smallest absolute Gasteiger partial charge is 0.222 e. The number of benzene rings is 1. The van der Waals surface area contributed by atoms with E-state index in [4.69, 9.17) is 11.6 Å². The fourth-order valence-electron chi connectivity index (χ4n) is 3.67. The topological polar surface area (TPSA) is 32.3 Å².